The van der Waals surface area contributed by atoms with Gasteiger partial charge in [0.15, 0.2) is 0 Å². The number of nitrogens with one attached hydrogen (secondary N) is 2. The number of carbonyl (C=O) groups excluding carboxylic acids is 2. The van der Waals surface area contributed by atoms with Crippen molar-refractivity contribution in [1.82, 2.24) is 15.2 Å². The van der Waals surface area contributed by atoms with Crippen molar-refractivity contribution in [2.75, 3.05) is 19.7 Å². The second-order valence-electron chi connectivity index (χ2n) is 8.37. The van der Waals surface area contributed by atoms with E-state index in [9.17, 15) is 19.1 Å². The molecule has 2 amide bonds. The molecule has 1 aromatic heterocycles. The summed E-state index contributed by atoms with van der Waals surface area (Å²) >= 11 is 0. The Hall–Kier alpha value is -2.45. The van der Waals surface area contributed by atoms with E-state index >= 15 is 0 Å². The highest BCUT2D eigenvalue weighted by molar-refractivity contribution is 5.98. The molecule has 1 spiro atoms. The van der Waals surface area contributed by atoms with Crippen molar-refractivity contribution in [2.24, 2.45) is 0 Å². The molecule has 1 aromatic carbocycles. The minimum atomic E-state index is -0.860. The number of nitrogens with zero attached hydrogens (tertiary/aromatic N) is 1. The van der Waals surface area contributed by atoms with Gasteiger partial charge in [-0.1, -0.05) is 0 Å². The molecule has 2 fully saturated rings. The first-order chi connectivity index (χ1) is 13.7. The first-order valence-corrected chi connectivity index (χ1v) is 9.91. The average molecular weight is 403 g/mol. The number of fused-ring (bicyclic) bond motifs is 1. The Morgan fingerprint density at radius 3 is 2.69 bits per heavy atom. The van der Waals surface area contributed by atoms with E-state index in [1.54, 1.807) is 17.0 Å². The lowest BCUT2D eigenvalue weighted by Crippen LogP contribution is -2.69. The van der Waals surface area contributed by atoms with Gasteiger partial charge in [0, 0.05) is 37.5 Å². The molecule has 0 aliphatic carbocycles. The third-order valence-electron chi connectivity index (χ3n) is 6.28. The maximum Gasteiger partial charge on any atom is 0.270 e. The smallest absolute Gasteiger partial charge is 0.270 e. The van der Waals surface area contributed by atoms with Gasteiger partial charge in [-0.3, -0.25) is 9.59 Å². The third-order valence-corrected chi connectivity index (χ3v) is 6.28. The van der Waals surface area contributed by atoms with Crippen molar-refractivity contribution in [3.05, 3.63) is 35.8 Å². The fraction of sp³-hybridized carbons (Fsp3) is 0.524. The highest BCUT2D eigenvalue weighted by Gasteiger charge is 2.54. The zero-order valence-corrected chi connectivity index (χ0v) is 16.6. The van der Waals surface area contributed by atoms with E-state index in [1.165, 1.54) is 19.1 Å². The molecule has 8 heteroatoms. The third kappa shape index (κ3) is 3.51. The van der Waals surface area contributed by atoms with Gasteiger partial charge in [0.05, 0.1) is 11.1 Å². The predicted molar refractivity (Wildman–Crippen MR) is 105 cm³/mol. The molecular formula is C21H26FN3O4. The largest absolute Gasteiger partial charge is 0.388 e. The summed E-state index contributed by atoms with van der Waals surface area (Å²) in [6.07, 6.45) is 0.624. The highest BCUT2D eigenvalue weighted by atomic mass is 19.1. The van der Waals surface area contributed by atoms with Crippen LogP contribution in [-0.2, 0) is 9.53 Å². The van der Waals surface area contributed by atoms with Crippen LogP contribution in [0.4, 0.5) is 4.39 Å². The minimum absolute atomic E-state index is 0.161. The summed E-state index contributed by atoms with van der Waals surface area (Å²) in [5, 5.41) is 14.6. The monoisotopic (exact) mass is 403 g/mol. The van der Waals surface area contributed by atoms with Crippen molar-refractivity contribution in [3.63, 3.8) is 0 Å². The fourth-order valence-corrected chi connectivity index (χ4v) is 4.69. The fourth-order valence-electron chi connectivity index (χ4n) is 4.69. The Labute approximate surface area is 168 Å². The van der Waals surface area contributed by atoms with Crippen LogP contribution in [-0.4, -0.2) is 63.7 Å². The average Bonchev–Trinajstić information content (AvgIpc) is 3.09. The molecule has 2 aliphatic heterocycles. The van der Waals surface area contributed by atoms with E-state index in [1.807, 2.05) is 6.92 Å². The summed E-state index contributed by atoms with van der Waals surface area (Å²) in [5.74, 6) is -0.695. The molecule has 3 N–H and O–H groups in total. The Morgan fingerprint density at radius 2 is 2.00 bits per heavy atom. The van der Waals surface area contributed by atoms with Gasteiger partial charge >= 0.3 is 0 Å². The summed E-state index contributed by atoms with van der Waals surface area (Å²) in [6.45, 7) is 4.57. The lowest BCUT2D eigenvalue weighted by atomic mass is 9.73. The Bertz CT molecular complexity index is 951. The Morgan fingerprint density at radius 1 is 1.28 bits per heavy atom. The van der Waals surface area contributed by atoms with Gasteiger partial charge in [0.25, 0.3) is 5.91 Å². The number of H-pyrrole nitrogens is 1. The number of rotatable bonds is 2. The van der Waals surface area contributed by atoms with Gasteiger partial charge in [-0.05, 0) is 50.5 Å². The Balaban J connectivity index is 1.48. The number of benzene rings is 1. The topological polar surface area (TPSA) is 94.7 Å². The molecule has 0 radical (unpaired) electrons. The van der Waals surface area contributed by atoms with Crippen LogP contribution in [0.3, 0.4) is 0 Å². The van der Waals surface area contributed by atoms with Crippen molar-refractivity contribution in [1.29, 1.82) is 0 Å². The number of ether oxygens (including phenoxy) is 1. The number of piperidine rings is 1. The van der Waals surface area contributed by atoms with Gasteiger partial charge < -0.3 is 25.0 Å². The molecule has 2 aliphatic rings. The van der Waals surface area contributed by atoms with Crippen LogP contribution in [0.1, 0.15) is 43.6 Å². The first-order valence-electron chi connectivity index (χ1n) is 9.91. The van der Waals surface area contributed by atoms with E-state index in [2.05, 4.69) is 10.3 Å². The molecule has 0 unspecified atom stereocenters. The summed E-state index contributed by atoms with van der Waals surface area (Å²) in [4.78, 5) is 29.3. The predicted octanol–water partition coefficient (Wildman–Crippen LogP) is 1.96. The summed E-state index contributed by atoms with van der Waals surface area (Å²) in [5.41, 5.74) is -0.414. The molecule has 0 saturated carbocycles. The van der Waals surface area contributed by atoms with Crippen LogP contribution < -0.4 is 5.32 Å². The molecule has 29 heavy (non-hydrogen) atoms. The van der Waals surface area contributed by atoms with E-state index in [-0.39, 0.29) is 17.6 Å². The van der Waals surface area contributed by atoms with E-state index in [0.29, 0.717) is 55.6 Å². The zero-order chi connectivity index (χ0) is 20.8. The van der Waals surface area contributed by atoms with Crippen molar-refractivity contribution in [3.8, 4) is 0 Å². The number of aliphatic hydroxyl groups is 1. The minimum Gasteiger partial charge on any atom is -0.388 e. The zero-order valence-electron chi connectivity index (χ0n) is 16.6. The second-order valence-corrected chi connectivity index (χ2v) is 8.37. The lowest BCUT2D eigenvalue weighted by Gasteiger charge is -2.53. The maximum absolute atomic E-state index is 13.4. The van der Waals surface area contributed by atoms with Crippen molar-refractivity contribution < 1.29 is 23.8 Å². The maximum atomic E-state index is 13.4. The van der Waals surface area contributed by atoms with Crippen LogP contribution in [0.25, 0.3) is 10.9 Å². The molecule has 7 nitrogen and oxygen atoms in total. The Kier molecular flexibility index (Phi) is 4.86. The SMILES string of the molecule is CC(=O)N[C@@]1(C)CCOC2(CCN(C(=O)c3cc4cc(F)ccc4[nH]3)CC2)[C@@H]1O. The first kappa shape index (κ1) is 19.8. The van der Waals surface area contributed by atoms with Crippen LogP contribution in [0.15, 0.2) is 24.3 Å². The molecule has 0 bridgehead atoms. The van der Waals surface area contributed by atoms with Gasteiger partial charge in [0.2, 0.25) is 5.91 Å². The second kappa shape index (κ2) is 7.11. The van der Waals surface area contributed by atoms with Gasteiger partial charge in [-0.2, -0.15) is 0 Å². The summed E-state index contributed by atoms with van der Waals surface area (Å²) < 4.78 is 19.4. The standard InChI is InChI=1S/C21H26FN3O4/c1-13(26)24-20(2)7-10-29-21(19(20)28)5-8-25(9-6-21)18(27)17-12-14-11-15(22)3-4-16(14)23-17/h3-4,11-12,19,23,28H,5-10H2,1-2H3,(H,24,26)/t19-,20+/m1/s1. The molecule has 2 aromatic rings. The number of aromatic amines is 1. The van der Waals surface area contributed by atoms with E-state index in [0.717, 1.165) is 0 Å². The van der Waals surface area contributed by atoms with Gasteiger partial charge in [0.1, 0.15) is 17.6 Å². The number of aromatic nitrogens is 1. The number of carbonyl (C=O) groups is 2. The van der Waals surface area contributed by atoms with Crippen molar-refractivity contribution >= 4 is 22.7 Å². The quantitative estimate of drug-likeness (QED) is 0.714. The molecule has 4 rings (SSSR count). The highest BCUT2D eigenvalue weighted by Crippen LogP contribution is 2.40. The molecule has 156 valence electrons. The number of amides is 2. The van der Waals surface area contributed by atoms with Crippen LogP contribution in [0.2, 0.25) is 0 Å². The number of likely N-dealkylation sites (tertiary alicyclic amines) is 1. The van der Waals surface area contributed by atoms with Crippen LogP contribution in [0.5, 0.6) is 0 Å². The number of hydrogen-bond acceptors (Lipinski definition) is 4. The van der Waals surface area contributed by atoms with Gasteiger partial charge in [-0.25, -0.2) is 4.39 Å². The molecule has 3 heterocycles. The van der Waals surface area contributed by atoms with Gasteiger partial charge in [-0.15, -0.1) is 0 Å². The number of hydrogen-bond donors (Lipinski definition) is 3. The summed E-state index contributed by atoms with van der Waals surface area (Å²) in [7, 11) is 0. The molecular weight excluding hydrogens is 377 g/mol. The molecule has 2 atom stereocenters. The van der Waals surface area contributed by atoms with Crippen LogP contribution >= 0.6 is 0 Å². The normalized spacial score (nSPS) is 26.6. The lowest BCUT2D eigenvalue weighted by molar-refractivity contribution is -0.205. The van der Waals surface area contributed by atoms with E-state index < -0.39 is 17.2 Å². The van der Waals surface area contributed by atoms with E-state index in [4.69, 9.17) is 4.74 Å². The molecule has 2 saturated heterocycles. The summed E-state index contributed by atoms with van der Waals surface area (Å²) in [6, 6.07) is 6.02. The number of aliphatic hydroxyl groups excluding tert-OH is 1. The van der Waals surface area contributed by atoms with Crippen molar-refractivity contribution in [2.45, 2.75) is 50.4 Å². The number of halogens is 1. The van der Waals surface area contributed by atoms with Crippen LogP contribution in [0, 0.1) is 5.82 Å².